The lowest BCUT2D eigenvalue weighted by molar-refractivity contribution is 0.196. The number of hydrazone groups is 1. The summed E-state index contributed by atoms with van der Waals surface area (Å²) in [7, 11) is -3.65. The zero-order chi connectivity index (χ0) is 18.6. The van der Waals surface area contributed by atoms with Crippen molar-refractivity contribution in [1.82, 2.24) is 5.43 Å². The van der Waals surface area contributed by atoms with Gasteiger partial charge in [-0.25, -0.2) is 4.39 Å². The van der Waals surface area contributed by atoms with Gasteiger partial charge < -0.3 is 15.3 Å². The van der Waals surface area contributed by atoms with Gasteiger partial charge in [-0.1, -0.05) is 24.3 Å². The van der Waals surface area contributed by atoms with E-state index in [2.05, 4.69) is 14.9 Å². The molecular formula is C17H16FN3O4S. The fraction of sp³-hybridized carbons (Fsp3) is 0.176. The Labute approximate surface area is 149 Å². The molecule has 2 N–H and O–H groups in total. The molecular weight excluding hydrogens is 361 g/mol. The summed E-state index contributed by atoms with van der Waals surface area (Å²) in [5, 5.41) is 12.7. The van der Waals surface area contributed by atoms with Crippen LogP contribution in [0.2, 0.25) is 0 Å². The van der Waals surface area contributed by atoms with E-state index in [0.717, 1.165) is 0 Å². The Kier molecular flexibility index (Phi) is 5.29. The monoisotopic (exact) mass is 377 g/mol. The highest BCUT2D eigenvalue weighted by Gasteiger charge is 2.27. The van der Waals surface area contributed by atoms with Gasteiger partial charge in [0.25, 0.3) is 10.0 Å². The quantitative estimate of drug-likeness (QED) is 0.560. The van der Waals surface area contributed by atoms with Gasteiger partial charge in [0, 0.05) is 5.56 Å². The topological polar surface area (TPSA) is 100 Å². The molecule has 0 amide bonds. The minimum absolute atomic E-state index is 0.0104. The van der Waals surface area contributed by atoms with Crippen LogP contribution in [0.4, 0.5) is 4.39 Å². The third-order valence-electron chi connectivity index (χ3n) is 3.56. The first kappa shape index (κ1) is 18.0. The van der Waals surface area contributed by atoms with Crippen LogP contribution in [0.3, 0.4) is 0 Å². The van der Waals surface area contributed by atoms with E-state index in [4.69, 9.17) is 9.84 Å². The lowest BCUT2D eigenvalue weighted by Crippen LogP contribution is -2.18. The molecule has 0 unspecified atom stereocenters. The summed E-state index contributed by atoms with van der Waals surface area (Å²) in [4.78, 5) is 0.185. The van der Waals surface area contributed by atoms with Crippen LogP contribution in [0.5, 0.6) is 5.75 Å². The van der Waals surface area contributed by atoms with Crippen molar-refractivity contribution in [2.45, 2.75) is 4.90 Å². The number of hydrogen-bond acceptors (Lipinski definition) is 6. The molecule has 0 atom stereocenters. The second-order valence-electron chi connectivity index (χ2n) is 5.36. The minimum Gasteiger partial charge on any atom is -0.488 e. The number of halogens is 1. The number of ether oxygens (including phenoxy) is 1. The SMILES string of the molecule is O=S1(=O)N=C(CN/N=C/c2ccc(F)c(OCCO)c2)c2ccccc21. The molecule has 136 valence electrons. The summed E-state index contributed by atoms with van der Waals surface area (Å²) in [5.41, 5.74) is 4.24. The molecule has 0 aliphatic carbocycles. The Hall–Kier alpha value is -2.78. The maximum Gasteiger partial charge on any atom is 0.283 e. The van der Waals surface area contributed by atoms with E-state index in [9.17, 15) is 12.8 Å². The molecule has 1 aliphatic heterocycles. The van der Waals surface area contributed by atoms with E-state index in [-0.39, 0.29) is 30.4 Å². The van der Waals surface area contributed by atoms with Crippen molar-refractivity contribution in [1.29, 1.82) is 0 Å². The van der Waals surface area contributed by atoms with Crippen molar-refractivity contribution in [3.8, 4) is 5.75 Å². The second kappa shape index (κ2) is 7.63. The molecule has 0 aromatic heterocycles. The zero-order valence-corrected chi connectivity index (χ0v) is 14.4. The fourth-order valence-electron chi connectivity index (χ4n) is 2.41. The largest absolute Gasteiger partial charge is 0.488 e. The number of aliphatic hydroxyl groups is 1. The van der Waals surface area contributed by atoms with Gasteiger partial charge in [-0.05, 0) is 23.8 Å². The van der Waals surface area contributed by atoms with Crippen LogP contribution in [-0.4, -0.2) is 45.2 Å². The maximum atomic E-state index is 13.6. The minimum atomic E-state index is -3.65. The molecule has 0 spiro atoms. The molecule has 2 aromatic carbocycles. The molecule has 0 bridgehead atoms. The van der Waals surface area contributed by atoms with E-state index in [1.165, 1.54) is 30.5 Å². The normalized spacial score (nSPS) is 14.9. The smallest absolute Gasteiger partial charge is 0.283 e. The average Bonchev–Trinajstić information content (AvgIpc) is 2.90. The zero-order valence-electron chi connectivity index (χ0n) is 13.6. The summed E-state index contributed by atoms with van der Waals surface area (Å²) >= 11 is 0. The van der Waals surface area contributed by atoms with E-state index in [1.807, 2.05) is 0 Å². The van der Waals surface area contributed by atoms with Crippen molar-refractivity contribution >= 4 is 21.9 Å². The molecule has 1 heterocycles. The Morgan fingerprint density at radius 1 is 1.27 bits per heavy atom. The summed E-state index contributed by atoms with van der Waals surface area (Å²) in [6.45, 7) is -0.100. The number of benzene rings is 2. The Bertz CT molecular complexity index is 974. The molecule has 26 heavy (non-hydrogen) atoms. The number of fused-ring (bicyclic) bond motifs is 1. The van der Waals surface area contributed by atoms with Gasteiger partial charge >= 0.3 is 0 Å². The van der Waals surface area contributed by atoms with Crippen molar-refractivity contribution in [2.75, 3.05) is 19.8 Å². The van der Waals surface area contributed by atoms with Gasteiger partial charge in [0.2, 0.25) is 0 Å². The van der Waals surface area contributed by atoms with Crippen LogP contribution in [0, 0.1) is 5.82 Å². The predicted molar refractivity (Wildman–Crippen MR) is 94.7 cm³/mol. The lowest BCUT2D eigenvalue weighted by atomic mass is 10.1. The van der Waals surface area contributed by atoms with E-state index in [1.54, 1.807) is 18.2 Å². The van der Waals surface area contributed by atoms with Crippen LogP contribution in [0.15, 0.2) is 56.9 Å². The van der Waals surface area contributed by atoms with Gasteiger partial charge in [-0.2, -0.15) is 17.9 Å². The van der Waals surface area contributed by atoms with E-state index in [0.29, 0.717) is 16.8 Å². The molecule has 7 nitrogen and oxygen atoms in total. The second-order valence-corrected chi connectivity index (χ2v) is 6.94. The molecule has 0 fully saturated rings. The summed E-state index contributed by atoms with van der Waals surface area (Å²) < 4.78 is 46.3. The summed E-state index contributed by atoms with van der Waals surface area (Å²) in [6, 6.07) is 10.8. The Balaban J connectivity index is 1.66. The van der Waals surface area contributed by atoms with Crippen molar-refractivity contribution in [3.05, 3.63) is 59.4 Å². The molecule has 0 radical (unpaired) electrons. The molecule has 9 heteroatoms. The first-order valence-corrected chi connectivity index (χ1v) is 9.17. The lowest BCUT2D eigenvalue weighted by Gasteiger charge is -2.06. The van der Waals surface area contributed by atoms with Gasteiger partial charge in [0.15, 0.2) is 11.6 Å². The molecule has 0 saturated heterocycles. The number of aliphatic hydroxyl groups excluding tert-OH is 1. The van der Waals surface area contributed by atoms with Gasteiger partial charge in [0.1, 0.15) is 6.61 Å². The Morgan fingerprint density at radius 2 is 2.08 bits per heavy atom. The maximum absolute atomic E-state index is 13.6. The van der Waals surface area contributed by atoms with Gasteiger partial charge in [-0.15, -0.1) is 0 Å². The van der Waals surface area contributed by atoms with Crippen molar-refractivity contribution < 1.29 is 22.7 Å². The Morgan fingerprint density at radius 3 is 2.88 bits per heavy atom. The number of nitrogens with zero attached hydrogens (tertiary/aromatic N) is 2. The van der Waals surface area contributed by atoms with Crippen LogP contribution < -0.4 is 10.2 Å². The number of nitrogens with one attached hydrogen (secondary N) is 1. The third kappa shape index (κ3) is 3.89. The first-order chi connectivity index (χ1) is 12.5. The van der Waals surface area contributed by atoms with E-state index >= 15 is 0 Å². The van der Waals surface area contributed by atoms with Gasteiger partial charge in [-0.3, -0.25) is 0 Å². The highest BCUT2D eigenvalue weighted by atomic mass is 32.2. The molecule has 1 aliphatic rings. The van der Waals surface area contributed by atoms with Crippen LogP contribution >= 0.6 is 0 Å². The summed E-state index contributed by atoms with van der Waals surface area (Å²) in [6.07, 6.45) is 1.45. The number of sulfonamides is 1. The predicted octanol–water partition coefficient (Wildman–Crippen LogP) is 1.31. The highest BCUT2D eigenvalue weighted by Crippen LogP contribution is 2.25. The molecule has 0 saturated carbocycles. The van der Waals surface area contributed by atoms with Crippen LogP contribution in [0.25, 0.3) is 0 Å². The van der Waals surface area contributed by atoms with Crippen LogP contribution in [-0.2, 0) is 10.0 Å². The molecule has 2 aromatic rings. The fourth-order valence-corrected chi connectivity index (χ4v) is 3.67. The third-order valence-corrected chi connectivity index (χ3v) is 4.93. The van der Waals surface area contributed by atoms with Crippen molar-refractivity contribution in [2.24, 2.45) is 9.50 Å². The number of rotatable bonds is 7. The average molecular weight is 377 g/mol. The van der Waals surface area contributed by atoms with E-state index < -0.39 is 15.8 Å². The highest BCUT2D eigenvalue weighted by molar-refractivity contribution is 7.90. The first-order valence-electron chi connectivity index (χ1n) is 7.73. The number of hydrogen-bond donors (Lipinski definition) is 2. The van der Waals surface area contributed by atoms with Crippen molar-refractivity contribution in [3.63, 3.8) is 0 Å². The molecule has 3 rings (SSSR count). The summed E-state index contributed by atoms with van der Waals surface area (Å²) in [5.74, 6) is -0.520. The van der Waals surface area contributed by atoms with Crippen LogP contribution in [0.1, 0.15) is 11.1 Å². The van der Waals surface area contributed by atoms with Gasteiger partial charge in [0.05, 0.1) is 30.0 Å². The standard InChI is InChI=1S/C17H16FN3O4S/c18-14-6-5-12(9-16(14)25-8-7-22)10-19-20-11-15-13-3-1-2-4-17(13)26(23,24)21-15/h1-6,9-10,20,22H,7-8,11H2/b19-10+.